The number of rotatable bonds is 12. The monoisotopic (exact) mass is 712 g/mol. The van der Waals surface area contributed by atoms with Crippen LogP contribution in [0.2, 0.25) is 0 Å². The molecule has 0 saturated heterocycles. The molecule has 0 spiro atoms. The number of fused-ring (bicyclic) bond motifs is 2. The van der Waals surface area contributed by atoms with Gasteiger partial charge in [-0.05, 0) is 126 Å². The fourth-order valence-electron chi connectivity index (χ4n) is 6.19. The third-order valence-electron chi connectivity index (χ3n) is 8.85. The van der Waals surface area contributed by atoms with E-state index >= 15 is 0 Å². The molecule has 1 atom stereocenters. The number of aryl methyl sites for hydroxylation is 2. The zero-order valence-corrected chi connectivity index (χ0v) is 31.8. The van der Waals surface area contributed by atoms with Crippen LogP contribution in [0.5, 0.6) is 0 Å². The summed E-state index contributed by atoms with van der Waals surface area (Å²) in [5.74, 6) is -0.609. The summed E-state index contributed by atoms with van der Waals surface area (Å²) in [5.41, 5.74) is 7.32. The van der Waals surface area contributed by atoms with Crippen LogP contribution in [-0.2, 0) is 56.1 Å². The van der Waals surface area contributed by atoms with E-state index in [0.29, 0.717) is 51.3 Å². The minimum Gasteiger partial charge on any atom is -0.458 e. The van der Waals surface area contributed by atoms with Crippen molar-refractivity contribution in [2.75, 3.05) is 19.8 Å². The van der Waals surface area contributed by atoms with Crippen LogP contribution in [0, 0.1) is 6.92 Å². The van der Waals surface area contributed by atoms with Gasteiger partial charge in [-0.15, -0.1) is 5.10 Å². The third-order valence-corrected chi connectivity index (χ3v) is 8.85. The number of ether oxygens (including phenoxy) is 4. The molecule has 278 valence electrons. The van der Waals surface area contributed by atoms with Gasteiger partial charge in [-0.3, -0.25) is 4.79 Å². The minimum atomic E-state index is -0.542. The molecule has 3 aromatic carbocycles. The summed E-state index contributed by atoms with van der Waals surface area (Å²) < 4.78 is 24.6. The van der Waals surface area contributed by atoms with Crippen LogP contribution in [0.25, 0.3) is 11.0 Å². The van der Waals surface area contributed by atoms with Gasteiger partial charge in [0.05, 0.1) is 30.8 Å². The van der Waals surface area contributed by atoms with Crippen LogP contribution in [0.1, 0.15) is 105 Å². The number of esters is 2. The predicted molar refractivity (Wildman–Crippen MR) is 198 cm³/mol. The Bertz CT molecular complexity index is 1890. The van der Waals surface area contributed by atoms with Crippen molar-refractivity contribution < 1.29 is 33.3 Å². The summed E-state index contributed by atoms with van der Waals surface area (Å²) in [6.07, 6.45) is 1.52. The van der Waals surface area contributed by atoms with Gasteiger partial charge in [0.25, 0.3) is 0 Å². The molecule has 11 heteroatoms. The van der Waals surface area contributed by atoms with Crippen LogP contribution in [-0.4, -0.2) is 68.9 Å². The van der Waals surface area contributed by atoms with Gasteiger partial charge in [-0.2, -0.15) is 0 Å². The third kappa shape index (κ3) is 10.4. The number of hydrogen-bond donors (Lipinski definition) is 0. The molecule has 0 saturated carbocycles. The van der Waals surface area contributed by atoms with Crippen molar-refractivity contribution in [2.24, 2.45) is 0 Å². The minimum absolute atomic E-state index is 0.244. The Morgan fingerprint density at radius 2 is 1.56 bits per heavy atom. The van der Waals surface area contributed by atoms with Gasteiger partial charge < -0.3 is 23.8 Å². The highest BCUT2D eigenvalue weighted by Crippen LogP contribution is 2.28. The van der Waals surface area contributed by atoms with Gasteiger partial charge in [0.15, 0.2) is 0 Å². The summed E-state index contributed by atoms with van der Waals surface area (Å²) in [7, 11) is 0. The topological polar surface area (TPSA) is 122 Å². The van der Waals surface area contributed by atoms with E-state index < -0.39 is 17.3 Å². The van der Waals surface area contributed by atoms with Crippen LogP contribution < -0.4 is 0 Å². The molecule has 1 amide bonds. The quantitative estimate of drug-likeness (QED) is 0.0836. The Labute approximate surface area is 306 Å². The Balaban J connectivity index is 1.08. The van der Waals surface area contributed by atoms with Gasteiger partial charge in [0.1, 0.15) is 22.8 Å². The smallest absolute Gasteiger partial charge is 0.410 e. The lowest BCUT2D eigenvalue weighted by Crippen LogP contribution is -2.39. The highest BCUT2D eigenvalue weighted by molar-refractivity contribution is 5.89. The lowest BCUT2D eigenvalue weighted by Gasteiger charge is -2.31. The molecule has 11 nitrogen and oxygen atoms in total. The Morgan fingerprint density at radius 1 is 0.846 bits per heavy atom. The number of benzene rings is 3. The number of carbonyl (C=O) groups excluding carboxylic acids is 3. The van der Waals surface area contributed by atoms with Crippen molar-refractivity contribution in [3.8, 4) is 0 Å². The highest BCUT2D eigenvalue weighted by Gasteiger charge is 2.26. The zero-order chi connectivity index (χ0) is 37.6. The maximum Gasteiger partial charge on any atom is 0.410 e. The number of nitrogens with zero attached hydrogens (tertiary/aromatic N) is 4. The first-order valence-corrected chi connectivity index (χ1v) is 18.1. The number of hydrogen-bond acceptors (Lipinski definition) is 9. The molecule has 1 aliphatic rings. The average Bonchev–Trinajstić information content (AvgIpc) is 3.49. The molecule has 2 heterocycles. The van der Waals surface area contributed by atoms with E-state index in [1.807, 2.05) is 84.3 Å². The van der Waals surface area contributed by atoms with E-state index in [2.05, 4.69) is 28.5 Å². The molecule has 0 fully saturated rings. The van der Waals surface area contributed by atoms with Crippen molar-refractivity contribution in [1.29, 1.82) is 0 Å². The SMILES string of the molecule is Cc1c(C(C)OC(=O)CCc2ccc3c(c2)CN(C(=O)OC(C)(C)C)CC3)ccc2c1nnn2CCOCCc1ccc(C(=O)OC(C)(C)C)cc1. The molecular weight excluding hydrogens is 660 g/mol. The van der Waals surface area contributed by atoms with E-state index in [9.17, 15) is 14.4 Å². The molecule has 0 aliphatic carbocycles. The van der Waals surface area contributed by atoms with Gasteiger partial charge in [-0.25, -0.2) is 14.3 Å². The molecule has 0 radical (unpaired) electrons. The van der Waals surface area contributed by atoms with E-state index in [-0.39, 0.29) is 24.5 Å². The summed E-state index contributed by atoms with van der Waals surface area (Å²) >= 11 is 0. The van der Waals surface area contributed by atoms with Gasteiger partial charge in [0, 0.05) is 19.5 Å². The molecule has 1 aliphatic heterocycles. The Kier molecular flexibility index (Phi) is 12.0. The summed E-state index contributed by atoms with van der Waals surface area (Å²) in [4.78, 5) is 39.5. The zero-order valence-electron chi connectivity index (χ0n) is 31.8. The van der Waals surface area contributed by atoms with E-state index in [1.54, 1.807) is 17.0 Å². The van der Waals surface area contributed by atoms with E-state index in [1.165, 1.54) is 5.56 Å². The van der Waals surface area contributed by atoms with Gasteiger partial charge in [0.2, 0.25) is 0 Å². The maximum absolute atomic E-state index is 12.9. The predicted octanol–water partition coefficient (Wildman–Crippen LogP) is 7.48. The second-order valence-corrected chi connectivity index (χ2v) is 15.4. The lowest BCUT2D eigenvalue weighted by molar-refractivity contribution is -0.148. The first-order chi connectivity index (χ1) is 24.6. The number of carbonyl (C=O) groups is 3. The van der Waals surface area contributed by atoms with Crippen molar-refractivity contribution in [1.82, 2.24) is 19.9 Å². The largest absolute Gasteiger partial charge is 0.458 e. The molecular formula is C41H52N4O7. The van der Waals surface area contributed by atoms with Crippen molar-refractivity contribution in [2.45, 2.75) is 111 Å². The molecule has 0 bridgehead atoms. The normalized spacial score (nSPS) is 13.8. The average molecular weight is 713 g/mol. The lowest BCUT2D eigenvalue weighted by atomic mass is 9.96. The van der Waals surface area contributed by atoms with Crippen molar-refractivity contribution >= 4 is 29.1 Å². The first-order valence-electron chi connectivity index (χ1n) is 18.1. The standard InChI is InChI=1S/C41H52N4O7/c1-27-34(28(2)50-36(46)18-12-30-11-13-31-19-21-44(26-33(31)25-30)39(48)52-41(6,7)8)16-17-35-37(27)42-43-45(35)22-24-49-23-20-29-9-14-32(15-10-29)38(47)51-40(3,4)5/h9-11,13-17,25,28H,12,18-24,26H2,1-8H3. The molecule has 52 heavy (non-hydrogen) atoms. The molecule has 1 unspecified atom stereocenters. The highest BCUT2D eigenvalue weighted by atomic mass is 16.6. The van der Waals surface area contributed by atoms with Crippen molar-refractivity contribution in [3.05, 3.63) is 93.5 Å². The molecule has 0 N–H and O–H groups in total. The second-order valence-electron chi connectivity index (χ2n) is 15.4. The van der Waals surface area contributed by atoms with Crippen LogP contribution in [0.4, 0.5) is 4.79 Å². The number of amides is 1. The Hall–Kier alpha value is -4.77. The van der Waals surface area contributed by atoms with Crippen molar-refractivity contribution in [3.63, 3.8) is 0 Å². The van der Waals surface area contributed by atoms with Crippen LogP contribution in [0.3, 0.4) is 0 Å². The van der Waals surface area contributed by atoms with Gasteiger partial charge >= 0.3 is 18.0 Å². The first kappa shape index (κ1) is 38.5. The Morgan fingerprint density at radius 3 is 2.27 bits per heavy atom. The van der Waals surface area contributed by atoms with Crippen LogP contribution >= 0.6 is 0 Å². The fourth-order valence-corrected chi connectivity index (χ4v) is 6.19. The molecule has 5 rings (SSSR count). The second kappa shape index (κ2) is 16.3. The summed E-state index contributed by atoms with van der Waals surface area (Å²) in [6, 6.07) is 17.6. The van der Waals surface area contributed by atoms with E-state index in [0.717, 1.165) is 45.3 Å². The van der Waals surface area contributed by atoms with Gasteiger partial charge in [-0.1, -0.05) is 41.6 Å². The number of aromatic nitrogens is 3. The maximum atomic E-state index is 12.9. The molecule has 4 aromatic rings. The summed E-state index contributed by atoms with van der Waals surface area (Å²) in [5, 5.41) is 8.78. The summed E-state index contributed by atoms with van der Waals surface area (Å²) in [6.45, 7) is 17.7. The van der Waals surface area contributed by atoms with Crippen LogP contribution in [0.15, 0.2) is 54.6 Å². The molecule has 1 aromatic heterocycles. The van der Waals surface area contributed by atoms with E-state index in [4.69, 9.17) is 18.9 Å². The fraction of sp³-hybridized carbons (Fsp3) is 0.488.